The number of hydrogen-bond donors (Lipinski definition) is 3. The van der Waals surface area contributed by atoms with Gasteiger partial charge in [-0.1, -0.05) is 6.42 Å². The predicted octanol–water partition coefficient (Wildman–Crippen LogP) is 0.698. The molecule has 0 aromatic carbocycles. The van der Waals surface area contributed by atoms with Gasteiger partial charge >= 0.3 is 7.82 Å². The molecule has 0 aromatic rings. The van der Waals surface area contributed by atoms with E-state index in [1.807, 2.05) is 11.9 Å². The van der Waals surface area contributed by atoms with Crippen molar-refractivity contribution < 1.29 is 33.4 Å². The number of carbonyl (C=O) groups excluding carboxylic acids is 1. The van der Waals surface area contributed by atoms with Crippen LogP contribution >= 0.6 is 7.82 Å². The average Bonchev–Trinajstić information content (AvgIpc) is 2.51. The van der Waals surface area contributed by atoms with E-state index in [9.17, 15) is 14.5 Å². The normalized spacial score (nSPS) is 23.9. The maximum absolute atomic E-state index is 11.1. The van der Waals surface area contributed by atoms with E-state index < -0.39 is 13.9 Å². The summed E-state index contributed by atoms with van der Waals surface area (Å²) in [6.07, 6.45) is 4.95. The fourth-order valence-electron chi connectivity index (χ4n) is 2.19. The van der Waals surface area contributed by atoms with Gasteiger partial charge < -0.3 is 25.4 Å². The minimum absolute atomic E-state index is 0.0217. The van der Waals surface area contributed by atoms with Crippen LogP contribution in [-0.2, 0) is 23.4 Å². The molecule has 1 saturated heterocycles. The molecule has 1 rings (SSSR count). The third kappa shape index (κ3) is 12.0. The third-order valence-electron chi connectivity index (χ3n) is 3.57. The van der Waals surface area contributed by atoms with Crippen molar-refractivity contribution in [1.29, 1.82) is 0 Å². The summed E-state index contributed by atoms with van der Waals surface area (Å²) in [4.78, 5) is 24.9. The summed E-state index contributed by atoms with van der Waals surface area (Å²) >= 11 is 0. The van der Waals surface area contributed by atoms with Gasteiger partial charge in [-0.25, -0.2) is 9.45 Å². The number of unbranched alkanes of at least 4 members (excludes halogenated alkanes) is 3. The SMILES string of the molecule is COOP(=O)(O)OCC1CCN(C)CC1O.NCCCCCC=O. The van der Waals surface area contributed by atoms with Gasteiger partial charge in [0.15, 0.2) is 0 Å². The second kappa shape index (κ2) is 13.9. The van der Waals surface area contributed by atoms with Crippen molar-refractivity contribution in [3.05, 3.63) is 0 Å². The number of hydrogen-bond acceptors (Lipinski definition) is 8. The number of nitrogens with zero attached hydrogens (tertiary/aromatic N) is 1. The quantitative estimate of drug-likeness (QED) is 0.167. The van der Waals surface area contributed by atoms with E-state index in [0.717, 1.165) is 45.7 Å². The minimum atomic E-state index is -4.15. The van der Waals surface area contributed by atoms with Crippen molar-refractivity contribution >= 4 is 14.1 Å². The molecule has 1 aliphatic heterocycles. The number of phosphoric acid groups is 1. The number of phosphoric ester groups is 1. The van der Waals surface area contributed by atoms with E-state index in [1.54, 1.807) is 0 Å². The molecule has 1 heterocycles. The van der Waals surface area contributed by atoms with E-state index in [2.05, 4.69) is 9.56 Å². The molecule has 0 bridgehead atoms. The Kier molecular flexibility index (Phi) is 13.6. The van der Waals surface area contributed by atoms with Crippen LogP contribution in [0.2, 0.25) is 0 Å². The van der Waals surface area contributed by atoms with Crippen molar-refractivity contribution in [2.75, 3.05) is 40.4 Å². The van der Waals surface area contributed by atoms with Crippen LogP contribution in [0, 0.1) is 5.92 Å². The molecule has 0 spiro atoms. The number of carbonyl (C=O) groups is 1. The van der Waals surface area contributed by atoms with Gasteiger partial charge in [-0.2, -0.15) is 0 Å². The van der Waals surface area contributed by atoms with Crippen LogP contribution in [0.1, 0.15) is 32.1 Å². The number of piperidine rings is 1. The fraction of sp³-hybridized carbons (Fsp3) is 0.929. The lowest BCUT2D eigenvalue weighted by Crippen LogP contribution is -2.43. The predicted molar refractivity (Wildman–Crippen MR) is 89.1 cm³/mol. The monoisotopic (exact) mass is 370 g/mol. The van der Waals surface area contributed by atoms with Crippen LogP contribution in [0.25, 0.3) is 0 Å². The first kappa shape index (κ1) is 23.6. The van der Waals surface area contributed by atoms with E-state index in [-0.39, 0.29) is 12.5 Å². The highest BCUT2D eigenvalue weighted by atomic mass is 31.2. The largest absolute Gasteiger partial charge is 0.499 e. The standard InChI is InChI=1S/C8H18NO6P.C6H13NO/c1-9-4-3-7(8(10)5-9)6-14-16(11,12)15-13-2;7-5-3-1-2-4-6-8/h7-8,10H,3-6H2,1-2H3,(H,11,12);6H,1-5,7H2. The average molecular weight is 370 g/mol. The van der Waals surface area contributed by atoms with Gasteiger partial charge in [0.2, 0.25) is 0 Å². The molecular formula is C14H31N2O7P. The molecule has 3 atom stereocenters. The van der Waals surface area contributed by atoms with Gasteiger partial charge in [0.05, 0.1) is 19.8 Å². The zero-order valence-corrected chi connectivity index (χ0v) is 15.4. The summed E-state index contributed by atoms with van der Waals surface area (Å²) in [5, 5.41) is 9.70. The van der Waals surface area contributed by atoms with Gasteiger partial charge in [0.25, 0.3) is 0 Å². The Balaban J connectivity index is 0.000000561. The Bertz CT molecular complexity index is 373. The molecule has 0 radical (unpaired) electrons. The molecule has 0 aromatic heterocycles. The van der Waals surface area contributed by atoms with Crippen molar-refractivity contribution in [2.24, 2.45) is 11.7 Å². The number of aliphatic hydroxyl groups is 1. The zero-order valence-electron chi connectivity index (χ0n) is 14.5. The van der Waals surface area contributed by atoms with Crippen LogP contribution in [0.4, 0.5) is 0 Å². The van der Waals surface area contributed by atoms with Crippen molar-refractivity contribution in [1.82, 2.24) is 4.90 Å². The van der Waals surface area contributed by atoms with E-state index in [4.69, 9.17) is 15.2 Å². The first-order valence-corrected chi connectivity index (χ1v) is 9.55. The lowest BCUT2D eigenvalue weighted by atomic mass is 9.95. The highest BCUT2D eigenvalue weighted by Gasteiger charge is 2.30. The fourth-order valence-corrected chi connectivity index (χ4v) is 2.80. The summed E-state index contributed by atoms with van der Waals surface area (Å²) in [6.45, 7) is 2.09. The molecular weight excluding hydrogens is 339 g/mol. The number of rotatable bonds is 10. The molecule has 9 nitrogen and oxygen atoms in total. The number of likely N-dealkylation sites (N-methyl/N-ethyl adjacent to an activating group) is 1. The smallest absolute Gasteiger partial charge is 0.391 e. The Hall–Kier alpha value is -0.380. The summed E-state index contributed by atoms with van der Waals surface area (Å²) in [7, 11) is -1.12. The topological polar surface area (TPSA) is 132 Å². The molecule has 4 N–H and O–H groups in total. The highest BCUT2D eigenvalue weighted by Crippen LogP contribution is 2.44. The van der Waals surface area contributed by atoms with Gasteiger partial charge in [0, 0.05) is 18.9 Å². The molecule has 3 unspecified atom stereocenters. The minimum Gasteiger partial charge on any atom is -0.391 e. The van der Waals surface area contributed by atoms with Crippen LogP contribution in [0.5, 0.6) is 0 Å². The Labute approximate surface area is 143 Å². The number of aldehydes is 1. The number of aliphatic hydroxyl groups excluding tert-OH is 1. The number of nitrogens with two attached hydrogens (primary N) is 1. The third-order valence-corrected chi connectivity index (χ3v) is 4.38. The number of likely N-dealkylation sites (tertiary alicyclic amines) is 1. The van der Waals surface area contributed by atoms with Crippen LogP contribution in [0.3, 0.4) is 0 Å². The van der Waals surface area contributed by atoms with E-state index in [0.29, 0.717) is 19.4 Å². The summed E-state index contributed by atoms with van der Waals surface area (Å²) in [6, 6.07) is 0. The maximum atomic E-state index is 11.1. The van der Waals surface area contributed by atoms with E-state index >= 15 is 0 Å². The summed E-state index contributed by atoms with van der Waals surface area (Å²) in [5.41, 5.74) is 5.22. The molecule has 144 valence electrons. The molecule has 1 aliphatic rings. The zero-order chi connectivity index (χ0) is 18.4. The molecule has 0 saturated carbocycles. The molecule has 0 aliphatic carbocycles. The van der Waals surface area contributed by atoms with Crippen molar-refractivity contribution in [2.45, 2.75) is 38.2 Å². The van der Waals surface area contributed by atoms with Crippen LogP contribution < -0.4 is 5.73 Å². The Morgan fingerprint density at radius 2 is 2.08 bits per heavy atom. The van der Waals surface area contributed by atoms with Crippen molar-refractivity contribution in [3.63, 3.8) is 0 Å². The molecule has 1 fully saturated rings. The maximum Gasteiger partial charge on any atom is 0.499 e. The Morgan fingerprint density at radius 1 is 1.38 bits per heavy atom. The van der Waals surface area contributed by atoms with Crippen LogP contribution in [0.15, 0.2) is 0 Å². The molecule has 0 amide bonds. The molecule has 24 heavy (non-hydrogen) atoms. The van der Waals surface area contributed by atoms with E-state index in [1.165, 1.54) is 0 Å². The molecule has 10 heteroatoms. The van der Waals surface area contributed by atoms with Gasteiger partial charge in [-0.05, 0) is 39.4 Å². The number of β-amino-alcohol motifs (C(OH)–C–C–N with tert-alkyl or cyclic N) is 1. The first-order chi connectivity index (χ1) is 11.4. The van der Waals surface area contributed by atoms with Gasteiger partial charge in [-0.3, -0.25) is 4.52 Å². The first-order valence-electron chi connectivity index (χ1n) is 8.06. The summed E-state index contributed by atoms with van der Waals surface area (Å²) < 4.78 is 19.9. The van der Waals surface area contributed by atoms with Gasteiger partial charge in [-0.15, -0.1) is 4.67 Å². The lowest BCUT2D eigenvalue weighted by molar-refractivity contribution is -0.199. The highest BCUT2D eigenvalue weighted by molar-refractivity contribution is 7.47. The summed E-state index contributed by atoms with van der Waals surface area (Å²) in [5.74, 6) is -0.155. The van der Waals surface area contributed by atoms with Crippen molar-refractivity contribution in [3.8, 4) is 0 Å². The van der Waals surface area contributed by atoms with Gasteiger partial charge in [0.1, 0.15) is 6.29 Å². The lowest BCUT2D eigenvalue weighted by Gasteiger charge is -2.33. The Morgan fingerprint density at radius 3 is 2.62 bits per heavy atom. The second-order valence-corrected chi connectivity index (χ2v) is 7.03. The van der Waals surface area contributed by atoms with Crippen LogP contribution in [-0.4, -0.2) is 67.7 Å². The second-order valence-electron chi connectivity index (χ2n) is 5.69.